The molecule has 1 heterocycles. The molecule has 0 aliphatic carbocycles. The highest BCUT2D eigenvalue weighted by atomic mass is 16.6. The maximum atomic E-state index is 11.5. The Kier molecular flexibility index (Phi) is 7.37. The summed E-state index contributed by atoms with van der Waals surface area (Å²) in [5.41, 5.74) is 1.02. The van der Waals surface area contributed by atoms with Crippen LogP contribution < -0.4 is 10.6 Å². The van der Waals surface area contributed by atoms with Gasteiger partial charge in [0.25, 0.3) is 5.69 Å². The molecule has 2 rings (SSSR count). The number of nitro benzene ring substituents is 1. The summed E-state index contributed by atoms with van der Waals surface area (Å²) >= 11 is 0. The van der Waals surface area contributed by atoms with E-state index in [9.17, 15) is 14.9 Å². The lowest BCUT2D eigenvalue weighted by Gasteiger charge is -2.34. The average molecular weight is 361 g/mol. The molecule has 1 saturated heterocycles. The van der Waals surface area contributed by atoms with Crippen molar-refractivity contribution in [2.24, 2.45) is 10.9 Å². The number of benzene rings is 1. The van der Waals surface area contributed by atoms with Crippen molar-refractivity contribution in [1.82, 2.24) is 15.5 Å². The van der Waals surface area contributed by atoms with E-state index in [-0.39, 0.29) is 11.6 Å². The first-order valence-electron chi connectivity index (χ1n) is 9.00. The molecule has 1 fully saturated rings. The fraction of sp³-hybridized carbons (Fsp3) is 0.556. The number of rotatable bonds is 6. The number of nitro groups is 1. The summed E-state index contributed by atoms with van der Waals surface area (Å²) in [5.74, 6) is 1.37. The van der Waals surface area contributed by atoms with Gasteiger partial charge in [0.05, 0.1) is 11.5 Å². The van der Waals surface area contributed by atoms with Gasteiger partial charge in [0.1, 0.15) is 0 Å². The lowest BCUT2D eigenvalue weighted by Crippen LogP contribution is -2.46. The van der Waals surface area contributed by atoms with Crippen LogP contribution in [0.25, 0.3) is 0 Å². The van der Waals surface area contributed by atoms with Gasteiger partial charge in [-0.1, -0.05) is 12.1 Å². The number of guanidine groups is 1. The molecule has 0 unspecified atom stereocenters. The lowest BCUT2D eigenvalue weighted by atomic mass is 9.93. The number of amides is 1. The molecule has 0 aromatic heterocycles. The number of carbonyl (C=O) groups is 1. The van der Waals surface area contributed by atoms with Crippen LogP contribution >= 0.6 is 0 Å². The molecule has 8 nitrogen and oxygen atoms in total. The first-order chi connectivity index (χ1) is 12.5. The first-order valence-corrected chi connectivity index (χ1v) is 9.00. The minimum absolute atomic E-state index is 0.0859. The zero-order chi connectivity index (χ0) is 18.9. The molecule has 2 N–H and O–H groups in total. The number of nitrogens with one attached hydrogen (secondary N) is 2. The van der Waals surface area contributed by atoms with Gasteiger partial charge in [-0.15, -0.1) is 0 Å². The van der Waals surface area contributed by atoms with Crippen LogP contribution in [0.2, 0.25) is 0 Å². The third-order valence-corrected chi connectivity index (χ3v) is 4.56. The molecular formula is C18H27N5O3. The standard InChI is InChI=1S/C18H27N5O3/c1-3-20-18(21-13-15-4-6-16(7-5-15)23(25)26)22-10-8-14(9-11-22)12-17(24)19-2/h4-7,14H,3,8-13H2,1-2H3,(H,19,24)(H,20,21). The predicted molar refractivity (Wildman–Crippen MR) is 101 cm³/mol. The Morgan fingerprint density at radius 3 is 2.50 bits per heavy atom. The normalized spacial score (nSPS) is 15.6. The number of non-ortho nitro benzene ring substituents is 1. The van der Waals surface area contributed by atoms with Gasteiger partial charge in [-0.25, -0.2) is 4.99 Å². The number of hydrogen-bond donors (Lipinski definition) is 2. The quantitative estimate of drug-likeness (QED) is 0.349. The first kappa shape index (κ1) is 19.7. The third kappa shape index (κ3) is 5.72. The highest BCUT2D eigenvalue weighted by Gasteiger charge is 2.23. The van der Waals surface area contributed by atoms with Crippen molar-refractivity contribution in [2.75, 3.05) is 26.7 Å². The largest absolute Gasteiger partial charge is 0.359 e. The van der Waals surface area contributed by atoms with E-state index in [1.165, 1.54) is 12.1 Å². The molecule has 142 valence electrons. The summed E-state index contributed by atoms with van der Waals surface area (Å²) in [7, 11) is 1.67. The summed E-state index contributed by atoms with van der Waals surface area (Å²) in [6, 6.07) is 6.48. The second-order valence-corrected chi connectivity index (χ2v) is 6.40. The van der Waals surface area contributed by atoms with Gasteiger partial charge in [0.2, 0.25) is 5.91 Å². The number of likely N-dealkylation sites (tertiary alicyclic amines) is 1. The van der Waals surface area contributed by atoms with Gasteiger partial charge in [-0.05, 0) is 31.2 Å². The van der Waals surface area contributed by atoms with Crippen LogP contribution in [-0.4, -0.2) is 48.4 Å². The molecule has 0 atom stereocenters. The van der Waals surface area contributed by atoms with Gasteiger partial charge in [-0.3, -0.25) is 14.9 Å². The van der Waals surface area contributed by atoms with Gasteiger partial charge >= 0.3 is 0 Å². The van der Waals surface area contributed by atoms with Crippen LogP contribution in [0.4, 0.5) is 5.69 Å². The predicted octanol–water partition coefficient (Wildman–Crippen LogP) is 1.91. The summed E-state index contributed by atoms with van der Waals surface area (Å²) in [6.07, 6.45) is 2.52. The molecule has 1 aromatic carbocycles. The van der Waals surface area contributed by atoms with Crippen LogP contribution in [0.5, 0.6) is 0 Å². The topological polar surface area (TPSA) is 99.9 Å². The number of piperidine rings is 1. The minimum atomic E-state index is -0.403. The smallest absolute Gasteiger partial charge is 0.269 e. The van der Waals surface area contributed by atoms with Crippen molar-refractivity contribution in [3.63, 3.8) is 0 Å². The fourth-order valence-electron chi connectivity index (χ4n) is 3.03. The summed E-state index contributed by atoms with van der Waals surface area (Å²) in [4.78, 5) is 28.7. The van der Waals surface area contributed by atoms with E-state index in [1.807, 2.05) is 6.92 Å². The highest BCUT2D eigenvalue weighted by molar-refractivity contribution is 5.80. The van der Waals surface area contributed by atoms with E-state index in [1.54, 1.807) is 19.2 Å². The zero-order valence-corrected chi connectivity index (χ0v) is 15.4. The van der Waals surface area contributed by atoms with E-state index in [4.69, 9.17) is 0 Å². The third-order valence-electron chi connectivity index (χ3n) is 4.56. The van der Waals surface area contributed by atoms with Crippen LogP contribution in [-0.2, 0) is 11.3 Å². The summed E-state index contributed by atoms with van der Waals surface area (Å²) < 4.78 is 0. The number of aliphatic imine (C=N–C) groups is 1. The molecule has 8 heteroatoms. The maximum Gasteiger partial charge on any atom is 0.269 e. The Morgan fingerprint density at radius 2 is 1.96 bits per heavy atom. The Labute approximate surface area is 153 Å². The van der Waals surface area contributed by atoms with E-state index in [2.05, 4.69) is 20.5 Å². The lowest BCUT2D eigenvalue weighted by molar-refractivity contribution is -0.384. The molecule has 0 saturated carbocycles. The van der Waals surface area contributed by atoms with E-state index < -0.39 is 4.92 Å². The Bertz CT molecular complexity index is 637. The SMILES string of the molecule is CCNC(=NCc1ccc([N+](=O)[O-])cc1)N1CCC(CC(=O)NC)CC1. The molecule has 26 heavy (non-hydrogen) atoms. The maximum absolute atomic E-state index is 11.5. The van der Waals surface area contributed by atoms with Crippen molar-refractivity contribution < 1.29 is 9.72 Å². The zero-order valence-electron chi connectivity index (χ0n) is 15.4. The van der Waals surface area contributed by atoms with E-state index in [0.717, 1.165) is 44.0 Å². The Morgan fingerprint density at radius 1 is 1.31 bits per heavy atom. The van der Waals surface area contributed by atoms with Crippen LogP contribution in [0.1, 0.15) is 31.7 Å². The van der Waals surface area contributed by atoms with Crippen molar-refractivity contribution in [3.05, 3.63) is 39.9 Å². The summed E-state index contributed by atoms with van der Waals surface area (Å²) in [5, 5.41) is 16.7. The van der Waals surface area contributed by atoms with E-state index in [0.29, 0.717) is 18.9 Å². The van der Waals surface area contributed by atoms with Crippen LogP contribution in [0.3, 0.4) is 0 Å². The number of carbonyl (C=O) groups excluding carboxylic acids is 1. The van der Waals surface area contributed by atoms with Crippen LogP contribution in [0.15, 0.2) is 29.3 Å². The molecule has 1 aliphatic rings. The molecule has 0 bridgehead atoms. The van der Waals surface area contributed by atoms with Crippen LogP contribution in [0, 0.1) is 16.0 Å². The van der Waals surface area contributed by atoms with Crippen molar-refractivity contribution in [1.29, 1.82) is 0 Å². The second-order valence-electron chi connectivity index (χ2n) is 6.40. The van der Waals surface area contributed by atoms with Crippen molar-refractivity contribution >= 4 is 17.6 Å². The Hall–Kier alpha value is -2.64. The molecule has 1 aliphatic heterocycles. The minimum Gasteiger partial charge on any atom is -0.359 e. The molecule has 1 aromatic rings. The Balaban J connectivity index is 1.94. The van der Waals surface area contributed by atoms with Gasteiger partial charge in [-0.2, -0.15) is 0 Å². The van der Waals surface area contributed by atoms with Crippen molar-refractivity contribution in [3.8, 4) is 0 Å². The van der Waals surface area contributed by atoms with Gasteiger partial charge in [0, 0.05) is 45.2 Å². The molecule has 0 radical (unpaired) electrons. The van der Waals surface area contributed by atoms with Crippen molar-refractivity contribution in [2.45, 2.75) is 32.7 Å². The second kappa shape index (κ2) is 9.74. The van der Waals surface area contributed by atoms with Gasteiger partial charge in [0.15, 0.2) is 5.96 Å². The highest BCUT2D eigenvalue weighted by Crippen LogP contribution is 2.20. The molecule has 1 amide bonds. The van der Waals surface area contributed by atoms with Gasteiger partial charge < -0.3 is 15.5 Å². The molecular weight excluding hydrogens is 334 g/mol. The number of hydrogen-bond acceptors (Lipinski definition) is 4. The summed E-state index contributed by atoms with van der Waals surface area (Å²) in [6.45, 7) is 5.01. The average Bonchev–Trinajstić information content (AvgIpc) is 2.66. The van der Waals surface area contributed by atoms with E-state index >= 15 is 0 Å². The molecule has 0 spiro atoms. The monoisotopic (exact) mass is 361 g/mol. The number of nitrogens with zero attached hydrogens (tertiary/aromatic N) is 3. The fourth-order valence-corrected chi connectivity index (χ4v) is 3.03.